The van der Waals surface area contributed by atoms with Gasteiger partial charge in [-0.15, -0.1) is 10.2 Å². The molecule has 0 amide bonds. The maximum atomic E-state index is 12.7. The van der Waals surface area contributed by atoms with Crippen molar-refractivity contribution >= 4 is 11.5 Å². The highest BCUT2D eigenvalue weighted by Crippen LogP contribution is 2.27. The summed E-state index contributed by atoms with van der Waals surface area (Å²) in [6.07, 6.45) is 0. The van der Waals surface area contributed by atoms with Gasteiger partial charge in [0.05, 0.1) is 0 Å². The van der Waals surface area contributed by atoms with Gasteiger partial charge in [0.25, 0.3) is 0 Å². The second kappa shape index (κ2) is 5.20. The molecule has 0 spiro atoms. The number of aromatic hydroxyl groups is 1. The summed E-state index contributed by atoms with van der Waals surface area (Å²) in [6, 6.07) is 3.17. The zero-order chi connectivity index (χ0) is 13.0. The number of Topliss-reactive ketones (excluding diaryl/α,β-unsaturated/α-hetero) is 1. The van der Waals surface area contributed by atoms with E-state index in [-0.39, 0.29) is 17.1 Å². The highest BCUT2D eigenvalue weighted by Gasteiger charge is 2.07. The number of benzene rings is 1. The summed E-state index contributed by atoms with van der Waals surface area (Å²) in [5.41, 5.74) is -0.208. The van der Waals surface area contributed by atoms with Gasteiger partial charge in [-0.05, 0) is 19.1 Å². The van der Waals surface area contributed by atoms with E-state index in [1.165, 1.54) is 19.9 Å². The molecular formula is C11H11FN2O3. The number of carbonyl (C=O) groups excluding carboxylic acids is 1. The lowest BCUT2D eigenvalue weighted by Crippen LogP contribution is -1.96. The normalized spacial score (nSPS) is 12.6. The second-order valence-electron chi connectivity index (χ2n) is 3.32. The number of halogens is 1. The number of phenolic OH excluding ortho intramolecular Hbond substituents is 1. The van der Waals surface area contributed by atoms with E-state index in [0.717, 1.165) is 12.1 Å². The van der Waals surface area contributed by atoms with Gasteiger partial charge in [0, 0.05) is 13.0 Å². The van der Waals surface area contributed by atoms with Gasteiger partial charge in [-0.2, -0.15) is 0 Å². The van der Waals surface area contributed by atoms with Gasteiger partial charge in [-0.3, -0.25) is 4.79 Å². The van der Waals surface area contributed by atoms with Crippen molar-refractivity contribution in [2.45, 2.75) is 13.8 Å². The molecule has 0 radical (unpaired) electrons. The number of azo groups is 1. The number of aliphatic hydroxyl groups excluding tert-OH is 1. The molecular weight excluding hydrogens is 227 g/mol. The minimum absolute atomic E-state index is 0.00593. The molecule has 0 saturated carbocycles. The first kappa shape index (κ1) is 12.8. The Labute approximate surface area is 96.9 Å². The molecule has 0 saturated heterocycles. The number of hydrogen-bond acceptors (Lipinski definition) is 5. The topological polar surface area (TPSA) is 82.2 Å². The van der Waals surface area contributed by atoms with Crippen LogP contribution in [-0.4, -0.2) is 16.0 Å². The summed E-state index contributed by atoms with van der Waals surface area (Å²) >= 11 is 0. The fourth-order valence-corrected chi connectivity index (χ4v) is 1.08. The average Bonchev–Trinajstić information content (AvgIpc) is 2.20. The Bertz CT molecular complexity index is 505. The molecule has 0 aliphatic heterocycles. The Morgan fingerprint density at radius 2 is 2.00 bits per heavy atom. The fourth-order valence-electron chi connectivity index (χ4n) is 1.08. The lowest BCUT2D eigenvalue weighted by molar-refractivity contribution is -0.113. The molecule has 1 aromatic carbocycles. The third-order valence-corrected chi connectivity index (χ3v) is 1.87. The van der Waals surface area contributed by atoms with E-state index in [9.17, 15) is 14.3 Å². The number of ketones is 1. The zero-order valence-corrected chi connectivity index (χ0v) is 9.31. The standard InChI is InChI=1S/C11H11FN2O3/c1-6(15)11(7(2)16)14-13-9-4-3-8(12)5-10(9)17/h3-5,15,17H,1-2H3. The first-order valence-electron chi connectivity index (χ1n) is 4.73. The summed E-state index contributed by atoms with van der Waals surface area (Å²) in [7, 11) is 0. The van der Waals surface area contributed by atoms with Crippen LogP contribution in [0.1, 0.15) is 13.8 Å². The molecule has 1 rings (SSSR count). The van der Waals surface area contributed by atoms with Crippen molar-refractivity contribution in [2.24, 2.45) is 10.2 Å². The van der Waals surface area contributed by atoms with Crippen LogP contribution in [0.4, 0.5) is 10.1 Å². The Kier molecular flexibility index (Phi) is 3.92. The van der Waals surface area contributed by atoms with E-state index in [2.05, 4.69) is 10.2 Å². The van der Waals surface area contributed by atoms with Crippen molar-refractivity contribution in [3.63, 3.8) is 0 Å². The van der Waals surface area contributed by atoms with Crippen LogP contribution in [0.2, 0.25) is 0 Å². The molecule has 6 heteroatoms. The van der Waals surface area contributed by atoms with Gasteiger partial charge < -0.3 is 10.2 Å². The van der Waals surface area contributed by atoms with E-state index < -0.39 is 17.3 Å². The molecule has 0 aliphatic carbocycles. The van der Waals surface area contributed by atoms with Crippen molar-refractivity contribution < 1.29 is 19.4 Å². The largest absolute Gasteiger partial charge is 0.510 e. The number of hydrogen-bond donors (Lipinski definition) is 2. The summed E-state index contributed by atoms with van der Waals surface area (Å²) in [5, 5.41) is 25.5. The summed E-state index contributed by atoms with van der Waals surface area (Å²) in [4.78, 5) is 11.1. The maximum Gasteiger partial charge on any atom is 0.183 e. The van der Waals surface area contributed by atoms with Gasteiger partial charge in [-0.25, -0.2) is 4.39 Å². The van der Waals surface area contributed by atoms with Gasteiger partial charge in [0.15, 0.2) is 11.5 Å². The second-order valence-corrected chi connectivity index (χ2v) is 3.32. The van der Waals surface area contributed by atoms with Gasteiger partial charge >= 0.3 is 0 Å². The van der Waals surface area contributed by atoms with Crippen LogP contribution in [-0.2, 0) is 4.79 Å². The molecule has 5 nitrogen and oxygen atoms in total. The minimum atomic E-state index is -0.609. The smallest absolute Gasteiger partial charge is 0.183 e. The molecule has 1 aromatic rings. The van der Waals surface area contributed by atoms with E-state index in [1.807, 2.05) is 0 Å². The van der Waals surface area contributed by atoms with Crippen LogP contribution in [0.25, 0.3) is 0 Å². The molecule has 0 unspecified atom stereocenters. The highest BCUT2D eigenvalue weighted by molar-refractivity contribution is 5.93. The number of aliphatic hydroxyl groups is 1. The lowest BCUT2D eigenvalue weighted by atomic mass is 10.3. The molecule has 0 heterocycles. The summed E-state index contributed by atoms with van der Waals surface area (Å²) < 4.78 is 12.7. The van der Waals surface area contributed by atoms with Crippen LogP contribution < -0.4 is 0 Å². The Hall–Kier alpha value is -2.24. The lowest BCUT2D eigenvalue weighted by Gasteiger charge is -1.99. The molecule has 0 fully saturated rings. The third-order valence-electron chi connectivity index (χ3n) is 1.87. The van der Waals surface area contributed by atoms with Crippen molar-refractivity contribution in [3.05, 3.63) is 35.5 Å². The van der Waals surface area contributed by atoms with Crippen LogP contribution in [0, 0.1) is 5.82 Å². The Balaban J connectivity index is 3.05. The van der Waals surface area contributed by atoms with Gasteiger partial charge in [-0.1, -0.05) is 0 Å². The molecule has 0 aliphatic rings. The number of carbonyl (C=O) groups is 1. The zero-order valence-electron chi connectivity index (χ0n) is 9.31. The number of nitrogens with zero attached hydrogens (tertiary/aromatic N) is 2. The maximum absolute atomic E-state index is 12.7. The van der Waals surface area contributed by atoms with Crippen molar-refractivity contribution in [1.82, 2.24) is 0 Å². The predicted octanol–water partition coefficient (Wildman–Crippen LogP) is 2.99. The van der Waals surface area contributed by atoms with Crippen LogP contribution in [0.15, 0.2) is 39.9 Å². The number of phenols is 1. The van der Waals surface area contributed by atoms with Gasteiger partial charge in [0.2, 0.25) is 0 Å². The Morgan fingerprint density at radius 1 is 1.35 bits per heavy atom. The molecule has 0 atom stereocenters. The predicted molar refractivity (Wildman–Crippen MR) is 58.6 cm³/mol. The first-order valence-corrected chi connectivity index (χ1v) is 4.73. The summed E-state index contributed by atoms with van der Waals surface area (Å²) in [5.74, 6) is -1.74. The van der Waals surface area contributed by atoms with E-state index in [1.54, 1.807) is 0 Å². The molecule has 17 heavy (non-hydrogen) atoms. The minimum Gasteiger partial charge on any atom is -0.510 e. The van der Waals surface area contributed by atoms with Crippen molar-refractivity contribution in [1.29, 1.82) is 0 Å². The van der Waals surface area contributed by atoms with Gasteiger partial charge in [0.1, 0.15) is 23.0 Å². The monoisotopic (exact) mass is 238 g/mol. The SMILES string of the molecule is CC(=O)C(N=Nc1ccc(F)cc1O)=C(C)O. The third kappa shape index (κ3) is 3.37. The first-order chi connectivity index (χ1) is 7.91. The summed E-state index contributed by atoms with van der Waals surface area (Å²) in [6.45, 7) is 2.51. The molecule has 0 bridgehead atoms. The average molecular weight is 238 g/mol. The van der Waals surface area contributed by atoms with Crippen molar-refractivity contribution in [2.75, 3.05) is 0 Å². The number of rotatable bonds is 3. The van der Waals surface area contributed by atoms with Crippen LogP contribution in [0.5, 0.6) is 5.75 Å². The van der Waals surface area contributed by atoms with E-state index in [4.69, 9.17) is 5.11 Å². The molecule has 0 aromatic heterocycles. The molecule has 90 valence electrons. The molecule has 2 N–H and O–H groups in total. The van der Waals surface area contributed by atoms with E-state index >= 15 is 0 Å². The van der Waals surface area contributed by atoms with E-state index in [0.29, 0.717) is 0 Å². The fraction of sp³-hybridized carbons (Fsp3) is 0.182. The Morgan fingerprint density at radius 3 is 2.47 bits per heavy atom. The van der Waals surface area contributed by atoms with Crippen LogP contribution in [0.3, 0.4) is 0 Å². The number of allylic oxidation sites excluding steroid dienone is 2. The van der Waals surface area contributed by atoms with Crippen molar-refractivity contribution in [3.8, 4) is 5.75 Å². The highest BCUT2D eigenvalue weighted by atomic mass is 19.1. The quantitative estimate of drug-likeness (QED) is 0.482. The van der Waals surface area contributed by atoms with Crippen LogP contribution >= 0.6 is 0 Å².